The first kappa shape index (κ1) is 25.7. The van der Waals surface area contributed by atoms with Crippen molar-refractivity contribution >= 4 is 11.5 Å². The minimum atomic E-state index is -0.346. The highest BCUT2D eigenvalue weighted by atomic mass is 19.1. The number of hydrogen-bond acceptors (Lipinski definition) is 2. The first-order chi connectivity index (χ1) is 15.3. The lowest BCUT2D eigenvalue weighted by Gasteiger charge is -2.28. The molecule has 0 saturated heterocycles. The van der Waals surface area contributed by atoms with Crippen LogP contribution >= 0.6 is 0 Å². The number of nitrogens with two attached hydrogens (primary N) is 1. The van der Waals surface area contributed by atoms with Gasteiger partial charge in [0.1, 0.15) is 17.5 Å². The van der Waals surface area contributed by atoms with Gasteiger partial charge in [0.25, 0.3) is 0 Å². The van der Waals surface area contributed by atoms with Gasteiger partial charge in [0.15, 0.2) is 0 Å². The van der Waals surface area contributed by atoms with Crippen molar-refractivity contribution in [3.63, 3.8) is 0 Å². The number of benzene rings is 2. The molecule has 3 unspecified atom stereocenters. The van der Waals surface area contributed by atoms with Crippen LogP contribution in [0.2, 0.25) is 0 Å². The quantitative estimate of drug-likeness (QED) is 0.317. The summed E-state index contributed by atoms with van der Waals surface area (Å²) in [6.45, 7) is 6.57. The van der Waals surface area contributed by atoms with Crippen LogP contribution in [0, 0.1) is 29.4 Å². The van der Waals surface area contributed by atoms with Gasteiger partial charge in [-0.2, -0.15) is 0 Å². The molecular formula is C27H37F2N3. The molecule has 3 nitrogen and oxygen atoms in total. The van der Waals surface area contributed by atoms with Gasteiger partial charge in [-0.15, -0.1) is 0 Å². The molecule has 0 fully saturated rings. The van der Waals surface area contributed by atoms with E-state index in [1.165, 1.54) is 24.6 Å². The summed E-state index contributed by atoms with van der Waals surface area (Å²) >= 11 is 0. The van der Waals surface area contributed by atoms with Crippen LogP contribution in [0.3, 0.4) is 0 Å². The Morgan fingerprint density at radius 1 is 1.00 bits per heavy atom. The highest BCUT2D eigenvalue weighted by Crippen LogP contribution is 2.29. The van der Waals surface area contributed by atoms with Gasteiger partial charge in [-0.05, 0) is 60.1 Å². The lowest BCUT2D eigenvalue weighted by molar-refractivity contribution is 0.343. The first-order valence-corrected chi connectivity index (χ1v) is 11.6. The third-order valence-corrected chi connectivity index (χ3v) is 6.27. The average molecular weight is 442 g/mol. The Bertz CT molecular complexity index is 936. The van der Waals surface area contributed by atoms with Crippen molar-refractivity contribution in [3.05, 3.63) is 70.8 Å². The minimum Gasteiger partial charge on any atom is -0.387 e. The zero-order valence-electron chi connectivity index (χ0n) is 20.0. The van der Waals surface area contributed by atoms with E-state index in [2.05, 4.69) is 30.8 Å². The summed E-state index contributed by atoms with van der Waals surface area (Å²) in [7, 11) is 3.35. The van der Waals surface area contributed by atoms with Gasteiger partial charge in [-0.3, -0.25) is 9.98 Å². The lowest BCUT2D eigenvalue weighted by atomic mass is 9.78. The zero-order valence-corrected chi connectivity index (χ0v) is 20.0. The molecule has 0 radical (unpaired) electrons. The zero-order chi connectivity index (χ0) is 23.7. The standard InChI is InChI=1S/C27H37F2N3/c1-6-9-19(7-2)14-18(3)25(27(30)32-5)26(31-4)23-13-12-21(17-24(23)29)15-20-10-8-11-22(28)16-20/h8,10-13,16-19,25H,6-7,9,14-15H2,1-5H3,(H2,30,32). The smallest absolute Gasteiger partial charge is 0.132 e. The van der Waals surface area contributed by atoms with E-state index in [0.717, 1.165) is 30.4 Å². The molecule has 0 saturated carbocycles. The van der Waals surface area contributed by atoms with Crippen molar-refractivity contribution in [1.82, 2.24) is 0 Å². The SMILES string of the molecule is CCCC(CC)CC(C)C(C(N)=NC)C(=NC)c1ccc(Cc2cccc(F)c2)cc1F. The van der Waals surface area contributed by atoms with Crippen molar-refractivity contribution < 1.29 is 8.78 Å². The van der Waals surface area contributed by atoms with Crippen LogP contribution < -0.4 is 5.73 Å². The van der Waals surface area contributed by atoms with Crippen LogP contribution in [-0.4, -0.2) is 25.6 Å². The molecule has 5 heteroatoms. The predicted octanol–water partition coefficient (Wildman–Crippen LogP) is 6.43. The Hall–Kier alpha value is -2.56. The molecule has 0 bridgehead atoms. The highest BCUT2D eigenvalue weighted by molar-refractivity contribution is 6.14. The van der Waals surface area contributed by atoms with E-state index in [9.17, 15) is 4.39 Å². The number of rotatable bonds is 11. The molecule has 0 amide bonds. The maximum absolute atomic E-state index is 15.3. The van der Waals surface area contributed by atoms with Gasteiger partial charge < -0.3 is 5.73 Å². The normalized spacial score (nSPS) is 15.5. The van der Waals surface area contributed by atoms with E-state index in [4.69, 9.17) is 5.73 Å². The van der Waals surface area contributed by atoms with E-state index in [1.807, 2.05) is 12.1 Å². The molecule has 2 aromatic carbocycles. The third-order valence-electron chi connectivity index (χ3n) is 6.27. The van der Waals surface area contributed by atoms with Crippen molar-refractivity contribution in [2.75, 3.05) is 14.1 Å². The van der Waals surface area contributed by atoms with Crippen LogP contribution in [0.15, 0.2) is 52.4 Å². The third kappa shape index (κ3) is 6.72. The van der Waals surface area contributed by atoms with Gasteiger partial charge >= 0.3 is 0 Å². The molecule has 0 spiro atoms. The Morgan fingerprint density at radius 3 is 2.28 bits per heavy atom. The Morgan fingerprint density at radius 2 is 1.72 bits per heavy atom. The fourth-order valence-corrected chi connectivity index (χ4v) is 4.58. The Kier molecular flexibility index (Phi) is 10.0. The summed E-state index contributed by atoms with van der Waals surface area (Å²) < 4.78 is 28.8. The van der Waals surface area contributed by atoms with Gasteiger partial charge in [0.05, 0.1) is 11.6 Å². The minimum absolute atomic E-state index is 0.181. The van der Waals surface area contributed by atoms with E-state index in [0.29, 0.717) is 29.4 Å². The van der Waals surface area contributed by atoms with E-state index in [1.54, 1.807) is 26.2 Å². The van der Waals surface area contributed by atoms with Gasteiger partial charge in [-0.25, -0.2) is 8.78 Å². The number of amidine groups is 1. The summed E-state index contributed by atoms with van der Waals surface area (Å²) in [6, 6.07) is 11.5. The molecule has 0 aliphatic heterocycles. The van der Waals surface area contributed by atoms with E-state index in [-0.39, 0.29) is 23.5 Å². The molecule has 0 aliphatic rings. The van der Waals surface area contributed by atoms with E-state index < -0.39 is 0 Å². The number of halogens is 2. The summed E-state index contributed by atoms with van der Waals surface area (Å²) in [5, 5.41) is 0. The molecule has 0 aliphatic carbocycles. The molecule has 2 rings (SSSR count). The number of hydrogen-bond donors (Lipinski definition) is 1. The summed E-state index contributed by atoms with van der Waals surface area (Å²) in [6.07, 6.45) is 4.86. The van der Waals surface area contributed by atoms with Crippen LogP contribution in [0.1, 0.15) is 63.1 Å². The molecule has 174 valence electrons. The Labute approximate surface area is 191 Å². The lowest BCUT2D eigenvalue weighted by Crippen LogP contribution is -2.37. The second-order valence-corrected chi connectivity index (χ2v) is 8.63. The van der Waals surface area contributed by atoms with Crippen molar-refractivity contribution in [2.24, 2.45) is 33.5 Å². The summed E-state index contributed by atoms with van der Waals surface area (Å²) in [5.41, 5.74) is 8.99. The number of nitrogens with zero attached hydrogens (tertiary/aromatic N) is 2. The van der Waals surface area contributed by atoms with Crippen LogP contribution in [-0.2, 0) is 6.42 Å². The monoisotopic (exact) mass is 441 g/mol. The van der Waals surface area contributed by atoms with Gasteiger partial charge in [0, 0.05) is 19.7 Å². The molecule has 2 N–H and O–H groups in total. The second-order valence-electron chi connectivity index (χ2n) is 8.63. The van der Waals surface area contributed by atoms with Crippen molar-refractivity contribution in [3.8, 4) is 0 Å². The van der Waals surface area contributed by atoms with Crippen LogP contribution in [0.25, 0.3) is 0 Å². The molecule has 0 heterocycles. The topological polar surface area (TPSA) is 50.7 Å². The van der Waals surface area contributed by atoms with Gasteiger partial charge in [-0.1, -0.05) is 58.2 Å². The average Bonchev–Trinajstić information content (AvgIpc) is 2.77. The summed E-state index contributed by atoms with van der Waals surface area (Å²) in [4.78, 5) is 8.73. The molecule has 0 aromatic heterocycles. The fraction of sp³-hybridized carbons (Fsp3) is 0.481. The van der Waals surface area contributed by atoms with Crippen molar-refractivity contribution in [1.29, 1.82) is 0 Å². The number of aliphatic imine (C=N–C) groups is 2. The van der Waals surface area contributed by atoms with Crippen molar-refractivity contribution in [2.45, 2.75) is 52.9 Å². The fourth-order valence-electron chi connectivity index (χ4n) is 4.58. The molecule has 3 atom stereocenters. The maximum Gasteiger partial charge on any atom is 0.132 e. The first-order valence-electron chi connectivity index (χ1n) is 11.6. The van der Waals surface area contributed by atoms with E-state index >= 15 is 4.39 Å². The predicted molar refractivity (Wildman–Crippen MR) is 132 cm³/mol. The molecule has 2 aromatic rings. The second kappa shape index (κ2) is 12.5. The van der Waals surface area contributed by atoms with Crippen LogP contribution in [0.5, 0.6) is 0 Å². The summed E-state index contributed by atoms with van der Waals surface area (Å²) in [5.74, 6) is 0.368. The Balaban J connectivity index is 2.34. The highest BCUT2D eigenvalue weighted by Gasteiger charge is 2.30. The maximum atomic E-state index is 15.3. The van der Waals surface area contributed by atoms with Crippen LogP contribution in [0.4, 0.5) is 8.78 Å². The largest absolute Gasteiger partial charge is 0.387 e. The molecule has 32 heavy (non-hydrogen) atoms. The molecular weight excluding hydrogens is 404 g/mol. The van der Waals surface area contributed by atoms with Gasteiger partial charge in [0.2, 0.25) is 0 Å².